The summed E-state index contributed by atoms with van der Waals surface area (Å²) in [6.45, 7) is 1.31. The Morgan fingerprint density at radius 1 is 1.36 bits per heavy atom. The topological polar surface area (TPSA) is 110 Å². The van der Waals surface area contributed by atoms with Crippen LogP contribution in [0.2, 0.25) is 0 Å². The summed E-state index contributed by atoms with van der Waals surface area (Å²) < 4.78 is 4.78. The summed E-state index contributed by atoms with van der Waals surface area (Å²) in [5.74, 6) is 0.0278. The van der Waals surface area contributed by atoms with Crippen molar-refractivity contribution in [3.05, 3.63) is 50.9 Å². The number of hydrogen-bond acceptors (Lipinski definition) is 6. The molecule has 0 radical (unpaired) electrons. The predicted octanol–water partition coefficient (Wildman–Crippen LogP) is 0.488. The lowest BCUT2D eigenvalue weighted by Gasteiger charge is -2.05. The lowest BCUT2D eigenvalue weighted by molar-refractivity contribution is -0.116. The van der Waals surface area contributed by atoms with Crippen LogP contribution in [0.1, 0.15) is 5.82 Å². The molecule has 1 amide bonds. The molecule has 0 aliphatic carbocycles. The van der Waals surface area contributed by atoms with Crippen molar-refractivity contribution in [1.29, 1.82) is 0 Å². The summed E-state index contributed by atoms with van der Waals surface area (Å²) in [6.07, 6.45) is 0. The molecule has 0 spiro atoms. The summed E-state index contributed by atoms with van der Waals surface area (Å²) in [5.41, 5.74) is -0.704. The van der Waals surface area contributed by atoms with E-state index in [-0.39, 0.29) is 0 Å². The second-order valence-electron chi connectivity index (χ2n) is 4.56. The third-order valence-corrected chi connectivity index (χ3v) is 3.69. The number of carbonyl (C=O) groups is 1. The van der Waals surface area contributed by atoms with Gasteiger partial charge >= 0.3 is 5.69 Å². The van der Waals surface area contributed by atoms with Gasteiger partial charge in [-0.3, -0.25) is 19.5 Å². The van der Waals surface area contributed by atoms with Gasteiger partial charge in [-0.2, -0.15) is 4.37 Å². The van der Waals surface area contributed by atoms with Crippen LogP contribution in [-0.2, 0) is 11.3 Å². The Kier molecular flexibility index (Phi) is 3.55. The molecule has 0 saturated heterocycles. The van der Waals surface area contributed by atoms with E-state index in [2.05, 4.69) is 19.7 Å². The van der Waals surface area contributed by atoms with Gasteiger partial charge in [0, 0.05) is 11.5 Å². The average molecular weight is 317 g/mol. The highest BCUT2D eigenvalue weighted by atomic mass is 32.1. The second kappa shape index (κ2) is 5.53. The number of nitrogens with one attached hydrogen (secondary N) is 2. The van der Waals surface area contributed by atoms with E-state index in [9.17, 15) is 14.4 Å². The molecule has 2 aromatic heterocycles. The molecule has 2 heterocycles. The summed E-state index contributed by atoms with van der Waals surface area (Å²) in [7, 11) is 0. The smallest absolute Gasteiger partial charge is 0.307 e. The van der Waals surface area contributed by atoms with E-state index < -0.39 is 23.7 Å². The number of para-hydroxylation sites is 1. The SMILES string of the molecule is Cc1nsc(NC(=O)Cn2c(=O)[nH]c3ccccc3c2=O)n1. The number of carbonyl (C=O) groups excluding carboxylic acids is 1. The first-order valence-electron chi connectivity index (χ1n) is 6.36. The fourth-order valence-corrected chi connectivity index (χ4v) is 2.58. The molecule has 2 N–H and O–H groups in total. The van der Waals surface area contributed by atoms with Crippen molar-refractivity contribution in [2.75, 3.05) is 5.32 Å². The summed E-state index contributed by atoms with van der Waals surface area (Å²) >= 11 is 1.03. The zero-order valence-electron chi connectivity index (χ0n) is 11.5. The van der Waals surface area contributed by atoms with Crippen molar-refractivity contribution >= 4 is 33.5 Å². The Morgan fingerprint density at radius 3 is 2.86 bits per heavy atom. The van der Waals surface area contributed by atoms with E-state index in [4.69, 9.17) is 0 Å². The molecular formula is C13H11N5O3S. The molecule has 0 fully saturated rings. The van der Waals surface area contributed by atoms with Crippen molar-refractivity contribution in [2.45, 2.75) is 13.5 Å². The normalized spacial score (nSPS) is 10.8. The largest absolute Gasteiger partial charge is 0.329 e. The molecule has 22 heavy (non-hydrogen) atoms. The molecular weight excluding hydrogens is 306 g/mol. The molecule has 8 nitrogen and oxygen atoms in total. The number of aromatic amines is 1. The lowest BCUT2D eigenvalue weighted by atomic mass is 10.2. The molecule has 3 rings (SSSR count). The highest BCUT2D eigenvalue weighted by molar-refractivity contribution is 7.09. The number of nitrogens with zero attached hydrogens (tertiary/aromatic N) is 3. The first-order valence-corrected chi connectivity index (χ1v) is 7.14. The highest BCUT2D eigenvalue weighted by Crippen LogP contribution is 2.09. The number of benzene rings is 1. The maximum Gasteiger partial charge on any atom is 0.329 e. The number of amides is 1. The molecule has 0 aliphatic heterocycles. The van der Waals surface area contributed by atoms with Crippen LogP contribution in [0, 0.1) is 6.92 Å². The average Bonchev–Trinajstić information content (AvgIpc) is 2.88. The van der Waals surface area contributed by atoms with Crippen molar-refractivity contribution in [3.8, 4) is 0 Å². The van der Waals surface area contributed by atoms with Crippen LogP contribution in [-0.4, -0.2) is 24.8 Å². The first kappa shape index (κ1) is 14.1. The Morgan fingerprint density at radius 2 is 2.14 bits per heavy atom. The van der Waals surface area contributed by atoms with Crippen LogP contribution in [0.4, 0.5) is 5.13 Å². The quantitative estimate of drug-likeness (QED) is 0.730. The number of fused-ring (bicyclic) bond motifs is 1. The van der Waals surface area contributed by atoms with Crippen molar-refractivity contribution in [3.63, 3.8) is 0 Å². The minimum absolute atomic E-state index is 0.327. The van der Waals surface area contributed by atoms with Crippen LogP contribution in [0.3, 0.4) is 0 Å². The molecule has 1 aromatic carbocycles. The van der Waals surface area contributed by atoms with Crippen LogP contribution in [0.5, 0.6) is 0 Å². The zero-order valence-corrected chi connectivity index (χ0v) is 12.3. The van der Waals surface area contributed by atoms with Gasteiger partial charge in [0.25, 0.3) is 5.56 Å². The van der Waals surface area contributed by atoms with E-state index in [0.29, 0.717) is 21.9 Å². The Labute approximate surface area is 127 Å². The zero-order chi connectivity index (χ0) is 15.7. The van der Waals surface area contributed by atoms with E-state index >= 15 is 0 Å². The van der Waals surface area contributed by atoms with Crippen LogP contribution in [0.25, 0.3) is 10.9 Å². The maximum atomic E-state index is 12.3. The third-order valence-electron chi connectivity index (χ3n) is 2.97. The van der Waals surface area contributed by atoms with Crippen molar-refractivity contribution in [2.24, 2.45) is 0 Å². The van der Waals surface area contributed by atoms with Crippen molar-refractivity contribution < 1.29 is 4.79 Å². The van der Waals surface area contributed by atoms with Gasteiger partial charge in [0.05, 0.1) is 10.9 Å². The van der Waals surface area contributed by atoms with Crippen molar-refractivity contribution in [1.82, 2.24) is 18.9 Å². The van der Waals surface area contributed by atoms with Crippen LogP contribution < -0.4 is 16.6 Å². The highest BCUT2D eigenvalue weighted by Gasteiger charge is 2.12. The second-order valence-corrected chi connectivity index (χ2v) is 5.31. The predicted molar refractivity (Wildman–Crippen MR) is 82.1 cm³/mol. The molecule has 0 bridgehead atoms. The molecule has 0 unspecified atom stereocenters. The number of rotatable bonds is 3. The monoisotopic (exact) mass is 317 g/mol. The Bertz CT molecular complexity index is 971. The standard InChI is InChI=1S/C13H11N5O3S/c1-7-14-12(22-17-7)16-10(19)6-18-11(20)8-4-2-3-5-9(8)15-13(18)21/h2-5H,6H2,1H3,(H,15,21)(H,14,16,17,19). The van der Waals surface area contributed by atoms with Gasteiger partial charge in [0.1, 0.15) is 12.4 Å². The van der Waals surface area contributed by atoms with Gasteiger partial charge in [-0.1, -0.05) is 12.1 Å². The van der Waals surface area contributed by atoms with E-state index in [1.165, 1.54) is 0 Å². The number of aromatic nitrogens is 4. The van der Waals surface area contributed by atoms with E-state index in [1.54, 1.807) is 31.2 Å². The Hall–Kier alpha value is -2.81. The van der Waals surface area contributed by atoms with Gasteiger partial charge < -0.3 is 4.98 Å². The molecule has 0 saturated carbocycles. The minimum Gasteiger partial charge on any atom is -0.307 e. The first-order chi connectivity index (χ1) is 10.5. The fraction of sp³-hybridized carbons (Fsp3) is 0.154. The fourth-order valence-electron chi connectivity index (χ4n) is 1.99. The number of hydrogen-bond donors (Lipinski definition) is 2. The molecule has 3 aromatic rings. The van der Waals surface area contributed by atoms with Crippen LogP contribution in [0.15, 0.2) is 33.9 Å². The third kappa shape index (κ3) is 2.66. The summed E-state index contributed by atoms with van der Waals surface area (Å²) in [6, 6.07) is 6.63. The van der Waals surface area contributed by atoms with Gasteiger partial charge in [-0.15, -0.1) is 0 Å². The van der Waals surface area contributed by atoms with E-state index in [0.717, 1.165) is 16.1 Å². The number of H-pyrrole nitrogens is 1. The van der Waals surface area contributed by atoms with Gasteiger partial charge in [-0.25, -0.2) is 9.78 Å². The van der Waals surface area contributed by atoms with Gasteiger partial charge in [0.15, 0.2) is 0 Å². The molecule has 0 atom stereocenters. The summed E-state index contributed by atoms with van der Waals surface area (Å²) in [4.78, 5) is 42.7. The summed E-state index contributed by atoms with van der Waals surface area (Å²) in [5, 5.41) is 3.18. The van der Waals surface area contributed by atoms with Gasteiger partial charge in [0.2, 0.25) is 11.0 Å². The van der Waals surface area contributed by atoms with E-state index in [1.807, 2.05) is 0 Å². The maximum absolute atomic E-state index is 12.3. The molecule has 0 aliphatic rings. The molecule has 9 heteroatoms. The number of anilines is 1. The Balaban J connectivity index is 1.92. The number of aryl methyl sites for hydroxylation is 1. The lowest BCUT2D eigenvalue weighted by Crippen LogP contribution is -2.38. The van der Waals surface area contributed by atoms with Gasteiger partial charge in [-0.05, 0) is 19.1 Å². The molecule has 112 valence electrons. The van der Waals surface area contributed by atoms with Crippen LogP contribution >= 0.6 is 11.5 Å². The minimum atomic E-state index is -0.632.